The van der Waals surface area contributed by atoms with Crippen molar-refractivity contribution in [3.05, 3.63) is 0 Å². The van der Waals surface area contributed by atoms with Crippen LogP contribution in [-0.4, -0.2) is 37.6 Å². The molecule has 0 radical (unpaired) electrons. The molecule has 1 rings (SSSR count). The van der Waals surface area contributed by atoms with Crippen molar-refractivity contribution in [3.63, 3.8) is 0 Å². The zero-order valence-corrected chi connectivity index (χ0v) is 9.34. The molecule has 1 aliphatic rings. The van der Waals surface area contributed by atoms with E-state index < -0.39 is 0 Å². The number of hydrogen-bond acceptors (Lipinski definition) is 2. The molecule has 1 N–H and O–H groups in total. The maximum absolute atomic E-state index is 3.35. The molecule has 0 bridgehead atoms. The minimum Gasteiger partial charge on any atom is -0.316 e. The molecule has 0 aromatic rings. The predicted octanol–water partition coefficient (Wildman–Crippen LogP) is 1.72. The van der Waals surface area contributed by atoms with Gasteiger partial charge in [0.1, 0.15) is 0 Å². The SMILES string of the molecule is CNC1CCN(CCCC(C)C)C1. The van der Waals surface area contributed by atoms with Crippen molar-refractivity contribution >= 4 is 0 Å². The fourth-order valence-electron chi connectivity index (χ4n) is 1.99. The van der Waals surface area contributed by atoms with Gasteiger partial charge < -0.3 is 10.2 Å². The van der Waals surface area contributed by atoms with Gasteiger partial charge in [0.15, 0.2) is 0 Å². The standard InChI is InChI=1S/C11H24N2/c1-10(2)5-4-7-13-8-6-11(9-13)12-3/h10-12H,4-9H2,1-3H3. The van der Waals surface area contributed by atoms with Gasteiger partial charge >= 0.3 is 0 Å². The normalized spacial score (nSPS) is 24.5. The van der Waals surface area contributed by atoms with Crippen LogP contribution >= 0.6 is 0 Å². The summed E-state index contributed by atoms with van der Waals surface area (Å²) in [6, 6.07) is 0.749. The predicted molar refractivity (Wildman–Crippen MR) is 58.0 cm³/mol. The molecule has 1 atom stereocenters. The third-order valence-corrected chi connectivity index (χ3v) is 2.94. The molecule has 0 spiro atoms. The van der Waals surface area contributed by atoms with Crippen molar-refractivity contribution in [1.29, 1.82) is 0 Å². The van der Waals surface area contributed by atoms with Gasteiger partial charge in [0.05, 0.1) is 0 Å². The van der Waals surface area contributed by atoms with E-state index in [0.717, 1.165) is 12.0 Å². The first-order valence-electron chi connectivity index (χ1n) is 5.62. The summed E-state index contributed by atoms with van der Waals surface area (Å²) in [6.07, 6.45) is 4.08. The van der Waals surface area contributed by atoms with Crippen LogP contribution in [-0.2, 0) is 0 Å². The van der Waals surface area contributed by atoms with Crippen LogP contribution in [0.5, 0.6) is 0 Å². The highest BCUT2D eigenvalue weighted by Crippen LogP contribution is 2.11. The summed E-state index contributed by atoms with van der Waals surface area (Å²) >= 11 is 0. The van der Waals surface area contributed by atoms with E-state index in [0.29, 0.717) is 0 Å². The van der Waals surface area contributed by atoms with Crippen LogP contribution in [0.15, 0.2) is 0 Å². The van der Waals surface area contributed by atoms with Crippen LogP contribution in [0.4, 0.5) is 0 Å². The van der Waals surface area contributed by atoms with Gasteiger partial charge in [0.2, 0.25) is 0 Å². The molecule has 0 aliphatic carbocycles. The van der Waals surface area contributed by atoms with Crippen LogP contribution in [0.1, 0.15) is 33.1 Å². The largest absolute Gasteiger partial charge is 0.316 e. The van der Waals surface area contributed by atoms with Gasteiger partial charge in [0, 0.05) is 12.6 Å². The van der Waals surface area contributed by atoms with Crippen LogP contribution in [0.2, 0.25) is 0 Å². The van der Waals surface area contributed by atoms with E-state index in [1.54, 1.807) is 0 Å². The average Bonchev–Trinajstić information content (AvgIpc) is 2.52. The smallest absolute Gasteiger partial charge is 0.0204 e. The lowest BCUT2D eigenvalue weighted by atomic mass is 10.1. The summed E-state index contributed by atoms with van der Waals surface area (Å²) in [5.41, 5.74) is 0. The molecule has 1 unspecified atom stereocenters. The van der Waals surface area contributed by atoms with Gasteiger partial charge in [0.25, 0.3) is 0 Å². The third kappa shape index (κ3) is 4.10. The summed E-state index contributed by atoms with van der Waals surface area (Å²) in [5, 5.41) is 3.35. The zero-order valence-electron chi connectivity index (χ0n) is 9.34. The molecule has 1 saturated heterocycles. The number of nitrogens with zero attached hydrogens (tertiary/aromatic N) is 1. The minimum absolute atomic E-state index is 0.749. The van der Waals surface area contributed by atoms with E-state index in [9.17, 15) is 0 Å². The van der Waals surface area contributed by atoms with Crippen molar-refractivity contribution in [2.24, 2.45) is 5.92 Å². The number of rotatable bonds is 5. The van der Waals surface area contributed by atoms with Gasteiger partial charge in [-0.3, -0.25) is 0 Å². The minimum atomic E-state index is 0.749. The van der Waals surface area contributed by atoms with Crippen molar-refractivity contribution < 1.29 is 0 Å². The average molecular weight is 184 g/mol. The molecule has 2 nitrogen and oxygen atoms in total. The molecule has 0 aromatic heterocycles. The molecule has 0 aromatic carbocycles. The highest BCUT2D eigenvalue weighted by Gasteiger charge is 2.19. The highest BCUT2D eigenvalue weighted by molar-refractivity contribution is 4.79. The van der Waals surface area contributed by atoms with Crippen LogP contribution < -0.4 is 5.32 Å². The molecule has 1 fully saturated rings. The van der Waals surface area contributed by atoms with Crippen LogP contribution in [0.3, 0.4) is 0 Å². The first-order chi connectivity index (χ1) is 6.22. The molecule has 0 saturated carbocycles. The molecule has 2 heteroatoms. The van der Waals surface area contributed by atoms with Crippen molar-refractivity contribution in [3.8, 4) is 0 Å². The lowest BCUT2D eigenvalue weighted by Crippen LogP contribution is -2.30. The van der Waals surface area contributed by atoms with Gasteiger partial charge in [-0.05, 0) is 45.3 Å². The van der Waals surface area contributed by atoms with Crippen LogP contribution in [0, 0.1) is 5.92 Å². The fourth-order valence-corrected chi connectivity index (χ4v) is 1.99. The van der Waals surface area contributed by atoms with E-state index >= 15 is 0 Å². The molecular weight excluding hydrogens is 160 g/mol. The Morgan fingerprint density at radius 3 is 2.77 bits per heavy atom. The monoisotopic (exact) mass is 184 g/mol. The molecule has 1 heterocycles. The zero-order chi connectivity index (χ0) is 9.68. The summed E-state index contributed by atoms with van der Waals surface area (Å²) < 4.78 is 0. The summed E-state index contributed by atoms with van der Waals surface area (Å²) in [4.78, 5) is 2.59. The number of likely N-dealkylation sites (tertiary alicyclic amines) is 1. The Bertz CT molecular complexity index is 134. The van der Waals surface area contributed by atoms with Gasteiger partial charge in [-0.2, -0.15) is 0 Å². The second-order valence-electron chi connectivity index (χ2n) is 4.61. The number of nitrogens with one attached hydrogen (secondary N) is 1. The first kappa shape index (κ1) is 11.0. The van der Waals surface area contributed by atoms with Crippen molar-refractivity contribution in [2.45, 2.75) is 39.2 Å². The van der Waals surface area contributed by atoms with Gasteiger partial charge in [-0.15, -0.1) is 0 Å². The third-order valence-electron chi connectivity index (χ3n) is 2.94. The lowest BCUT2D eigenvalue weighted by molar-refractivity contribution is 0.313. The van der Waals surface area contributed by atoms with Gasteiger partial charge in [-0.1, -0.05) is 13.8 Å². The Morgan fingerprint density at radius 2 is 2.23 bits per heavy atom. The summed E-state index contributed by atoms with van der Waals surface area (Å²) in [7, 11) is 2.07. The maximum atomic E-state index is 3.35. The molecule has 13 heavy (non-hydrogen) atoms. The lowest BCUT2D eigenvalue weighted by Gasteiger charge is -2.16. The molecule has 78 valence electrons. The Labute approximate surface area is 82.7 Å². The topological polar surface area (TPSA) is 15.3 Å². The number of hydrogen-bond donors (Lipinski definition) is 1. The quantitative estimate of drug-likeness (QED) is 0.700. The Morgan fingerprint density at radius 1 is 1.46 bits per heavy atom. The van der Waals surface area contributed by atoms with Crippen molar-refractivity contribution in [2.75, 3.05) is 26.7 Å². The van der Waals surface area contributed by atoms with E-state index in [2.05, 4.69) is 31.1 Å². The van der Waals surface area contributed by atoms with E-state index in [1.807, 2.05) is 0 Å². The van der Waals surface area contributed by atoms with E-state index in [1.165, 1.54) is 38.9 Å². The first-order valence-corrected chi connectivity index (χ1v) is 5.62. The Balaban J connectivity index is 2.03. The van der Waals surface area contributed by atoms with Gasteiger partial charge in [-0.25, -0.2) is 0 Å². The second-order valence-corrected chi connectivity index (χ2v) is 4.61. The highest BCUT2D eigenvalue weighted by atomic mass is 15.2. The second kappa shape index (κ2) is 5.61. The Hall–Kier alpha value is -0.0800. The number of likely N-dealkylation sites (N-methyl/N-ethyl adjacent to an activating group) is 1. The molecule has 1 aliphatic heterocycles. The van der Waals surface area contributed by atoms with E-state index in [4.69, 9.17) is 0 Å². The van der Waals surface area contributed by atoms with E-state index in [-0.39, 0.29) is 0 Å². The molecular formula is C11H24N2. The van der Waals surface area contributed by atoms with Crippen molar-refractivity contribution in [1.82, 2.24) is 10.2 Å². The summed E-state index contributed by atoms with van der Waals surface area (Å²) in [5.74, 6) is 0.864. The fraction of sp³-hybridized carbons (Fsp3) is 1.00. The van der Waals surface area contributed by atoms with Crippen LogP contribution in [0.25, 0.3) is 0 Å². The Kier molecular flexibility index (Phi) is 4.74. The molecule has 0 amide bonds. The summed E-state index contributed by atoms with van der Waals surface area (Å²) in [6.45, 7) is 8.47. The maximum Gasteiger partial charge on any atom is 0.0204 e.